The minimum atomic E-state index is -0.784. The van der Waals surface area contributed by atoms with Crippen LogP contribution in [0.3, 0.4) is 0 Å². The van der Waals surface area contributed by atoms with Crippen LogP contribution in [-0.2, 0) is 13.1 Å². The van der Waals surface area contributed by atoms with Gasteiger partial charge in [0, 0.05) is 6.54 Å². The molecule has 0 saturated heterocycles. The van der Waals surface area contributed by atoms with Crippen molar-refractivity contribution in [2.75, 3.05) is 0 Å². The molecule has 0 aliphatic rings. The van der Waals surface area contributed by atoms with Crippen LogP contribution in [0.15, 0.2) is 76.3 Å². The molecule has 0 radical (unpaired) electrons. The molecule has 8 heteroatoms. The zero-order chi connectivity index (χ0) is 25.1. The van der Waals surface area contributed by atoms with Crippen molar-refractivity contribution < 1.29 is 9.18 Å². The van der Waals surface area contributed by atoms with E-state index in [4.69, 9.17) is 0 Å². The smallest absolute Gasteiger partial charge is 0.346 e. The van der Waals surface area contributed by atoms with Crippen LogP contribution >= 0.6 is 0 Å². The SMILES string of the molecule is Cc1cccc(Cn2c(=O)c(C(=O)NCc3ccc(F)cc3)nn(-c3ccc(C)c(C)c3)c2=O)c1. The molecule has 7 nitrogen and oxygen atoms in total. The highest BCUT2D eigenvalue weighted by atomic mass is 19.1. The van der Waals surface area contributed by atoms with Crippen molar-refractivity contribution in [2.24, 2.45) is 0 Å². The van der Waals surface area contributed by atoms with Crippen molar-refractivity contribution in [2.45, 2.75) is 33.9 Å². The molecule has 4 aromatic rings. The lowest BCUT2D eigenvalue weighted by atomic mass is 10.1. The lowest BCUT2D eigenvalue weighted by Gasteiger charge is -2.13. The van der Waals surface area contributed by atoms with Gasteiger partial charge in [-0.1, -0.05) is 48.0 Å². The fourth-order valence-corrected chi connectivity index (χ4v) is 3.68. The van der Waals surface area contributed by atoms with E-state index in [9.17, 15) is 18.8 Å². The summed E-state index contributed by atoms with van der Waals surface area (Å²) in [6.07, 6.45) is 0. The van der Waals surface area contributed by atoms with Crippen LogP contribution in [0.25, 0.3) is 5.69 Å². The average molecular weight is 473 g/mol. The Morgan fingerprint density at radius 3 is 2.34 bits per heavy atom. The minimum Gasteiger partial charge on any atom is -0.346 e. The van der Waals surface area contributed by atoms with Gasteiger partial charge in [0.15, 0.2) is 0 Å². The van der Waals surface area contributed by atoms with Crippen molar-refractivity contribution in [3.63, 3.8) is 0 Å². The standard InChI is InChI=1S/C27H25FN4O3/c1-17-5-4-6-21(13-17)16-31-26(34)24(25(33)29-15-20-8-10-22(28)11-9-20)30-32(27(31)35)23-12-7-18(2)19(3)14-23/h4-14H,15-16H2,1-3H3,(H,29,33). The molecule has 0 aliphatic carbocycles. The quantitative estimate of drug-likeness (QED) is 0.466. The second-order valence-electron chi connectivity index (χ2n) is 8.50. The first kappa shape index (κ1) is 23.8. The van der Waals surface area contributed by atoms with Gasteiger partial charge in [0.1, 0.15) is 5.82 Å². The molecule has 0 aliphatic heterocycles. The van der Waals surface area contributed by atoms with Crippen molar-refractivity contribution in [1.82, 2.24) is 19.7 Å². The first-order chi connectivity index (χ1) is 16.7. The Hall–Kier alpha value is -4.33. The molecular weight excluding hydrogens is 447 g/mol. The summed E-state index contributed by atoms with van der Waals surface area (Å²) in [7, 11) is 0. The average Bonchev–Trinajstić information content (AvgIpc) is 2.83. The molecule has 3 aromatic carbocycles. The van der Waals surface area contributed by atoms with Gasteiger partial charge in [0.25, 0.3) is 11.5 Å². The number of halogens is 1. The molecule has 0 atom stereocenters. The number of aromatic nitrogens is 3. The maximum Gasteiger partial charge on any atom is 0.352 e. The van der Waals surface area contributed by atoms with E-state index in [0.29, 0.717) is 11.3 Å². The second-order valence-corrected chi connectivity index (χ2v) is 8.50. The van der Waals surface area contributed by atoms with Crippen LogP contribution in [0.1, 0.15) is 38.3 Å². The van der Waals surface area contributed by atoms with Crippen molar-refractivity contribution in [1.29, 1.82) is 0 Å². The Bertz CT molecular complexity index is 1520. The van der Waals surface area contributed by atoms with Gasteiger partial charge in [-0.05, 0) is 67.3 Å². The Labute approximate surface area is 201 Å². The topological polar surface area (TPSA) is 86.0 Å². The fourth-order valence-electron chi connectivity index (χ4n) is 3.68. The number of nitrogens with zero attached hydrogens (tertiary/aromatic N) is 3. The van der Waals surface area contributed by atoms with E-state index in [0.717, 1.165) is 31.5 Å². The normalized spacial score (nSPS) is 10.9. The Morgan fingerprint density at radius 2 is 1.66 bits per heavy atom. The number of carbonyl (C=O) groups is 1. The molecule has 1 aromatic heterocycles. The lowest BCUT2D eigenvalue weighted by Crippen LogP contribution is -2.46. The summed E-state index contributed by atoms with van der Waals surface area (Å²) in [5, 5.41) is 6.80. The molecule has 0 saturated carbocycles. The van der Waals surface area contributed by atoms with Crippen LogP contribution in [0, 0.1) is 26.6 Å². The third-order valence-electron chi connectivity index (χ3n) is 5.80. The number of rotatable bonds is 6. The van der Waals surface area contributed by atoms with Crippen LogP contribution in [0.2, 0.25) is 0 Å². The number of nitrogens with one attached hydrogen (secondary N) is 1. The van der Waals surface area contributed by atoms with Crippen molar-refractivity contribution >= 4 is 5.91 Å². The van der Waals surface area contributed by atoms with E-state index in [2.05, 4.69) is 10.4 Å². The molecule has 1 heterocycles. The van der Waals surface area contributed by atoms with Crippen molar-refractivity contribution in [3.8, 4) is 5.69 Å². The van der Waals surface area contributed by atoms with Crippen molar-refractivity contribution in [3.05, 3.63) is 127 Å². The van der Waals surface area contributed by atoms with E-state index in [-0.39, 0.29) is 18.9 Å². The third kappa shape index (κ3) is 5.27. The molecule has 0 spiro atoms. The molecule has 1 N–H and O–H groups in total. The monoisotopic (exact) mass is 472 g/mol. The van der Waals surface area contributed by atoms with Crippen LogP contribution in [0.5, 0.6) is 0 Å². The number of amides is 1. The summed E-state index contributed by atoms with van der Waals surface area (Å²) in [5.74, 6) is -1.11. The summed E-state index contributed by atoms with van der Waals surface area (Å²) in [6, 6.07) is 18.4. The first-order valence-electron chi connectivity index (χ1n) is 11.1. The molecule has 0 fully saturated rings. The Morgan fingerprint density at radius 1 is 0.914 bits per heavy atom. The highest BCUT2D eigenvalue weighted by Gasteiger charge is 2.20. The maximum absolute atomic E-state index is 13.4. The van der Waals surface area contributed by atoms with Gasteiger partial charge in [-0.3, -0.25) is 14.2 Å². The molecule has 0 unspecified atom stereocenters. The first-order valence-corrected chi connectivity index (χ1v) is 11.1. The van der Waals surface area contributed by atoms with E-state index in [1.165, 1.54) is 24.3 Å². The predicted molar refractivity (Wildman–Crippen MR) is 131 cm³/mol. The molecule has 178 valence electrons. The Kier molecular flexibility index (Phi) is 6.73. The maximum atomic E-state index is 13.4. The number of carbonyl (C=O) groups excluding carboxylic acids is 1. The van der Waals surface area contributed by atoms with Crippen LogP contribution < -0.4 is 16.6 Å². The number of hydrogen-bond donors (Lipinski definition) is 1. The summed E-state index contributed by atoms with van der Waals surface area (Å²) >= 11 is 0. The van der Waals surface area contributed by atoms with E-state index < -0.39 is 22.9 Å². The zero-order valence-electron chi connectivity index (χ0n) is 19.7. The highest BCUT2D eigenvalue weighted by molar-refractivity contribution is 5.91. The second kappa shape index (κ2) is 9.89. The van der Waals surface area contributed by atoms with Gasteiger partial charge in [-0.15, -0.1) is 0 Å². The molecular formula is C27H25FN4O3. The van der Waals surface area contributed by atoms with Gasteiger partial charge in [-0.2, -0.15) is 9.78 Å². The van der Waals surface area contributed by atoms with Gasteiger partial charge in [-0.25, -0.2) is 9.18 Å². The third-order valence-corrected chi connectivity index (χ3v) is 5.80. The minimum absolute atomic E-state index is 0.00898. The molecule has 35 heavy (non-hydrogen) atoms. The highest BCUT2D eigenvalue weighted by Crippen LogP contribution is 2.12. The van der Waals surface area contributed by atoms with Gasteiger partial charge in [0.05, 0.1) is 12.2 Å². The summed E-state index contributed by atoms with van der Waals surface area (Å²) < 4.78 is 15.3. The van der Waals surface area contributed by atoms with Gasteiger partial charge in [0.2, 0.25) is 5.69 Å². The number of aryl methyl sites for hydroxylation is 3. The predicted octanol–water partition coefficient (Wildman–Crippen LogP) is 3.44. The number of benzene rings is 3. The Balaban J connectivity index is 1.79. The largest absolute Gasteiger partial charge is 0.352 e. The lowest BCUT2D eigenvalue weighted by molar-refractivity contribution is 0.0941. The van der Waals surface area contributed by atoms with Crippen LogP contribution in [0.4, 0.5) is 4.39 Å². The van der Waals surface area contributed by atoms with E-state index in [1.807, 2.05) is 51.1 Å². The number of hydrogen-bond acceptors (Lipinski definition) is 4. The van der Waals surface area contributed by atoms with Crippen LogP contribution in [-0.4, -0.2) is 20.3 Å². The summed E-state index contributed by atoms with van der Waals surface area (Å²) in [4.78, 5) is 39.6. The summed E-state index contributed by atoms with van der Waals surface area (Å²) in [5.41, 5.74) is 2.98. The van der Waals surface area contributed by atoms with Gasteiger partial charge >= 0.3 is 5.69 Å². The zero-order valence-corrected chi connectivity index (χ0v) is 19.7. The summed E-state index contributed by atoms with van der Waals surface area (Å²) in [6.45, 7) is 5.83. The van der Waals surface area contributed by atoms with E-state index >= 15 is 0 Å². The molecule has 4 rings (SSSR count). The molecule has 1 amide bonds. The fraction of sp³-hybridized carbons (Fsp3) is 0.185. The molecule has 0 bridgehead atoms. The van der Waals surface area contributed by atoms with Gasteiger partial charge < -0.3 is 5.32 Å². The van der Waals surface area contributed by atoms with E-state index in [1.54, 1.807) is 12.1 Å².